The highest BCUT2D eigenvalue weighted by atomic mass is 35.5. The van der Waals surface area contributed by atoms with Gasteiger partial charge in [-0.05, 0) is 42.5 Å². The molecule has 1 aliphatic rings. The van der Waals surface area contributed by atoms with E-state index in [0.29, 0.717) is 0 Å². The molecule has 0 aliphatic carbocycles. The minimum absolute atomic E-state index is 0.255. The van der Waals surface area contributed by atoms with Crippen molar-refractivity contribution in [3.8, 4) is 11.3 Å². The summed E-state index contributed by atoms with van der Waals surface area (Å²) in [6.45, 7) is 3.49. The third-order valence-corrected chi connectivity index (χ3v) is 4.77. The lowest BCUT2D eigenvalue weighted by Gasteiger charge is -2.36. The number of anilines is 2. The fourth-order valence-corrected chi connectivity index (χ4v) is 3.32. The smallest absolute Gasteiger partial charge is 0.147 e. The molecule has 4 nitrogen and oxygen atoms in total. The van der Waals surface area contributed by atoms with Crippen LogP contribution in [0.4, 0.5) is 15.9 Å². The van der Waals surface area contributed by atoms with Crippen LogP contribution >= 0.6 is 11.6 Å². The van der Waals surface area contributed by atoms with E-state index in [9.17, 15) is 4.39 Å². The van der Waals surface area contributed by atoms with Crippen LogP contribution < -0.4 is 9.80 Å². The van der Waals surface area contributed by atoms with Gasteiger partial charge in [0.1, 0.15) is 11.6 Å². The fraction of sp³-hybridized carbons (Fsp3) is 0.200. The highest BCUT2D eigenvalue weighted by Gasteiger charge is 2.19. The monoisotopic (exact) mass is 368 g/mol. The summed E-state index contributed by atoms with van der Waals surface area (Å²) in [6, 6.07) is 14.3. The maximum atomic E-state index is 13.1. The van der Waals surface area contributed by atoms with Crippen LogP contribution in [0.2, 0.25) is 5.02 Å². The third kappa shape index (κ3) is 3.63. The van der Waals surface area contributed by atoms with Crippen LogP contribution in [-0.4, -0.2) is 36.1 Å². The molecule has 0 spiro atoms. The summed E-state index contributed by atoms with van der Waals surface area (Å²) >= 11 is 6.10. The molecule has 4 rings (SSSR count). The zero-order chi connectivity index (χ0) is 17.9. The van der Waals surface area contributed by atoms with Gasteiger partial charge in [-0.15, -0.1) is 0 Å². The van der Waals surface area contributed by atoms with E-state index in [-0.39, 0.29) is 5.82 Å². The first-order valence-electron chi connectivity index (χ1n) is 8.52. The van der Waals surface area contributed by atoms with Crippen LogP contribution in [-0.2, 0) is 0 Å². The van der Waals surface area contributed by atoms with Gasteiger partial charge in [0.05, 0.1) is 18.1 Å². The summed E-state index contributed by atoms with van der Waals surface area (Å²) in [6.07, 6.45) is 3.49. The predicted molar refractivity (Wildman–Crippen MR) is 103 cm³/mol. The third-order valence-electron chi connectivity index (χ3n) is 4.54. The minimum Gasteiger partial charge on any atom is -0.368 e. The second-order valence-electron chi connectivity index (χ2n) is 6.22. The molecule has 2 aromatic carbocycles. The maximum Gasteiger partial charge on any atom is 0.147 e. The largest absolute Gasteiger partial charge is 0.368 e. The number of aromatic nitrogens is 2. The lowest BCUT2D eigenvalue weighted by Crippen LogP contribution is -2.46. The van der Waals surface area contributed by atoms with E-state index in [1.54, 1.807) is 24.5 Å². The molecule has 1 fully saturated rings. The molecule has 0 radical (unpaired) electrons. The van der Waals surface area contributed by atoms with E-state index in [4.69, 9.17) is 16.6 Å². The summed E-state index contributed by atoms with van der Waals surface area (Å²) in [5, 5.41) is 0.753. The van der Waals surface area contributed by atoms with Gasteiger partial charge in [-0.3, -0.25) is 4.98 Å². The van der Waals surface area contributed by atoms with E-state index in [2.05, 4.69) is 20.9 Å². The van der Waals surface area contributed by atoms with E-state index in [1.807, 2.05) is 18.2 Å². The summed E-state index contributed by atoms with van der Waals surface area (Å²) in [4.78, 5) is 13.6. The lowest BCUT2D eigenvalue weighted by molar-refractivity contribution is 0.628. The Morgan fingerprint density at radius 1 is 0.885 bits per heavy atom. The molecular formula is C20H18ClFN4. The molecule has 0 N–H and O–H groups in total. The van der Waals surface area contributed by atoms with Gasteiger partial charge < -0.3 is 9.80 Å². The van der Waals surface area contributed by atoms with Crippen LogP contribution in [0.1, 0.15) is 0 Å². The standard InChI is InChI=1S/C20H18ClFN4/c21-16-2-1-3-18(12-16)25-8-10-26(11-9-25)20-14-23-13-19(24-20)15-4-6-17(22)7-5-15/h1-7,12-14H,8-11H2. The van der Waals surface area contributed by atoms with Crippen LogP contribution in [0.15, 0.2) is 60.9 Å². The highest BCUT2D eigenvalue weighted by Crippen LogP contribution is 2.24. The Kier molecular flexibility index (Phi) is 4.71. The van der Waals surface area contributed by atoms with E-state index < -0.39 is 0 Å². The first-order chi connectivity index (χ1) is 12.7. The Balaban J connectivity index is 1.48. The van der Waals surface area contributed by atoms with Crippen molar-refractivity contribution in [2.24, 2.45) is 0 Å². The normalized spacial score (nSPS) is 14.5. The Bertz CT molecular complexity index is 892. The number of hydrogen-bond donors (Lipinski definition) is 0. The average molecular weight is 369 g/mol. The Hall–Kier alpha value is -2.66. The molecule has 2 heterocycles. The molecule has 0 unspecified atom stereocenters. The molecule has 0 saturated carbocycles. The number of benzene rings is 2. The van der Waals surface area contributed by atoms with Crippen molar-refractivity contribution in [1.82, 2.24) is 9.97 Å². The van der Waals surface area contributed by atoms with E-state index in [1.165, 1.54) is 12.1 Å². The fourth-order valence-electron chi connectivity index (χ4n) is 3.13. The SMILES string of the molecule is Fc1ccc(-c2cncc(N3CCN(c4cccc(Cl)c4)CC3)n2)cc1. The number of halogens is 2. The number of rotatable bonds is 3. The summed E-state index contributed by atoms with van der Waals surface area (Å²) in [7, 11) is 0. The van der Waals surface area contributed by atoms with Crippen LogP contribution in [0, 0.1) is 5.82 Å². The molecule has 6 heteroatoms. The number of hydrogen-bond acceptors (Lipinski definition) is 4. The first kappa shape index (κ1) is 16.8. The van der Waals surface area contributed by atoms with Crippen molar-refractivity contribution < 1.29 is 4.39 Å². The predicted octanol–water partition coefficient (Wildman–Crippen LogP) is 4.26. The summed E-state index contributed by atoms with van der Waals surface area (Å²) in [5.41, 5.74) is 2.75. The summed E-state index contributed by atoms with van der Waals surface area (Å²) < 4.78 is 13.1. The second-order valence-corrected chi connectivity index (χ2v) is 6.66. The van der Waals surface area contributed by atoms with Crippen molar-refractivity contribution in [3.05, 3.63) is 71.8 Å². The van der Waals surface area contributed by atoms with Crippen LogP contribution in [0.3, 0.4) is 0 Å². The van der Waals surface area contributed by atoms with E-state index >= 15 is 0 Å². The number of piperazine rings is 1. The molecular weight excluding hydrogens is 351 g/mol. The summed E-state index contributed by atoms with van der Waals surface area (Å²) in [5.74, 6) is 0.590. The topological polar surface area (TPSA) is 32.3 Å². The molecule has 26 heavy (non-hydrogen) atoms. The van der Waals surface area contributed by atoms with Gasteiger partial charge in [-0.1, -0.05) is 17.7 Å². The first-order valence-corrected chi connectivity index (χ1v) is 8.90. The van der Waals surface area contributed by atoms with Gasteiger partial charge in [-0.25, -0.2) is 9.37 Å². The van der Waals surface area contributed by atoms with Gasteiger partial charge in [0, 0.05) is 42.5 Å². The van der Waals surface area contributed by atoms with Gasteiger partial charge >= 0.3 is 0 Å². The number of nitrogens with zero attached hydrogens (tertiary/aromatic N) is 4. The average Bonchev–Trinajstić information content (AvgIpc) is 2.69. The lowest BCUT2D eigenvalue weighted by atomic mass is 10.1. The zero-order valence-corrected chi connectivity index (χ0v) is 14.9. The molecule has 1 aromatic heterocycles. The van der Waals surface area contributed by atoms with Crippen molar-refractivity contribution in [3.63, 3.8) is 0 Å². The highest BCUT2D eigenvalue weighted by molar-refractivity contribution is 6.30. The van der Waals surface area contributed by atoms with Crippen molar-refractivity contribution >= 4 is 23.1 Å². The minimum atomic E-state index is -0.255. The molecule has 132 valence electrons. The van der Waals surface area contributed by atoms with Crippen LogP contribution in [0.5, 0.6) is 0 Å². The van der Waals surface area contributed by atoms with E-state index in [0.717, 1.165) is 54.0 Å². The molecule has 1 aliphatic heterocycles. The Morgan fingerprint density at radius 2 is 1.62 bits per heavy atom. The molecule has 0 atom stereocenters. The molecule has 3 aromatic rings. The van der Waals surface area contributed by atoms with Gasteiger partial charge in [0.25, 0.3) is 0 Å². The maximum absolute atomic E-state index is 13.1. The Labute approximate surface area is 156 Å². The Morgan fingerprint density at radius 3 is 2.35 bits per heavy atom. The van der Waals surface area contributed by atoms with Crippen molar-refractivity contribution in [2.45, 2.75) is 0 Å². The van der Waals surface area contributed by atoms with Gasteiger partial charge in [0.2, 0.25) is 0 Å². The van der Waals surface area contributed by atoms with Gasteiger partial charge in [-0.2, -0.15) is 0 Å². The molecule has 1 saturated heterocycles. The molecule has 0 bridgehead atoms. The van der Waals surface area contributed by atoms with Gasteiger partial charge in [0.15, 0.2) is 0 Å². The van der Waals surface area contributed by atoms with Crippen molar-refractivity contribution in [2.75, 3.05) is 36.0 Å². The van der Waals surface area contributed by atoms with Crippen molar-refractivity contribution in [1.29, 1.82) is 0 Å². The van der Waals surface area contributed by atoms with Crippen LogP contribution in [0.25, 0.3) is 11.3 Å². The molecule has 0 amide bonds. The quantitative estimate of drug-likeness (QED) is 0.691. The zero-order valence-electron chi connectivity index (χ0n) is 14.1. The second kappa shape index (κ2) is 7.30.